The summed E-state index contributed by atoms with van der Waals surface area (Å²) in [5.74, 6) is 0.365. The summed E-state index contributed by atoms with van der Waals surface area (Å²) in [6.07, 6.45) is 6.35. The standard InChI is InChI=1S/C12H19NO/c1-3-6-10(4-2)12(14)11-7-5-8-13-9-11/h5,7-10,12,14H,3-4,6H2,1-2H3. The van der Waals surface area contributed by atoms with E-state index in [2.05, 4.69) is 18.8 Å². The smallest absolute Gasteiger partial charge is 0.0832 e. The molecule has 2 heteroatoms. The van der Waals surface area contributed by atoms with Crippen molar-refractivity contribution in [1.29, 1.82) is 0 Å². The Morgan fingerprint density at radius 2 is 2.21 bits per heavy atom. The molecular weight excluding hydrogens is 174 g/mol. The molecule has 1 N–H and O–H groups in total. The zero-order chi connectivity index (χ0) is 10.4. The van der Waals surface area contributed by atoms with E-state index in [0.717, 1.165) is 24.8 Å². The van der Waals surface area contributed by atoms with Gasteiger partial charge in [-0.2, -0.15) is 0 Å². The van der Waals surface area contributed by atoms with E-state index < -0.39 is 0 Å². The van der Waals surface area contributed by atoms with Gasteiger partial charge in [0.1, 0.15) is 0 Å². The molecule has 14 heavy (non-hydrogen) atoms. The largest absolute Gasteiger partial charge is 0.388 e. The summed E-state index contributed by atoms with van der Waals surface area (Å²) in [5.41, 5.74) is 0.938. The number of pyridine rings is 1. The first kappa shape index (κ1) is 11.2. The van der Waals surface area contributed by atoms with Crippen LogP contribution in [0.3, 0.4) is 0 Å². The molecule has 2 atom stereocenters. The maximum Gasteiger partial charge on any atom is 0.0832 e. The Labute approximate surface area is 86.0 Å². The molecule has 0 radical (unpaired) electrons. The summed E-state index contributed by atoms with van der Waals surface area (Å²) in [6.45, 7) is 4.28. The van der Waals surface area contributed by atoms with Gasteiger partial charge in [-0.25, -0.2) is 0 Å². The fourth-order valence-electron chi connectivity index (χ4n) is 1.78. The summed E-state index contributed by atoms with van der Waals surface area (Å²) in [5, 5.41) is 10.1. The molecule has 0 fully saturated rings. The predicted molar refractivity (Wildman–Crippen MR) is 57.9 cm³/mol. The number of rotatable bonds is 5. The van der Waals surface area contributed by atoms with Crippen LogP contribution in [-0.2, 0) is 0 Å². The van der Waals surface area contributed by atoms with Crippen molar-refractivity contribution in [2.75, 3.05) is 0 Å². The third-order valence-corrected chi connectivity index (χ3v) is 2.66. The third kappa shape index (κ3) is 2.81. The fourth-order valence-corrected chi connectivity index (χ4v) is 1.78. The van der Waals surface area contributed by atoms with Crippen molar-refractivity contribution < 1.29 is 5.11 Å². The second-order valence-corrected chi connectivity index (χ2v) is 3.69. The molecule has 0 spiro atoms. The van der Waals surface area contributed by atoms with E-state index in [-0.39, 0.29) is 6.10 Å². The third-order valence-electron chi connectivity index (χ3n) is 2.66. The predicted octanol–water partition coefficient (Wildman–Crippen LogP) is 2.94. The van der Waals surface area contributed by atoms with E-state index in [0.29, 0.717) is 5.92 Å². The van der Waals surface area contributed by atoms with Gasteiger partial charge in [0.25, 0.3) is 0 Å². The molecule has 1 heterocycles. The molecule has 1 aromatic heterocycles. The zero-order valence-corrected chi connectivity index (χ0v) is 8.98. The van der Waals surface area contributed by atoms with Crippen molar-refractivity contribution in [3.05, 3.63) is 30.1 Å². The second-order valence-electron chi connectivity index (χ2n) is 3.69. The first-order chi connectivity index (χ1) is 6.79. The van der Waals surface area contributed by atoms with Crippen molar-refractivity contribution in [1.82, 2.24) is 4.98 Å². The number of hydrogen-bond acceptors (Lipinski definition) is 2. The molecule has 2 nitrogen and oxygen atoms in total. The lowest BCUT2D eigenvalue weighted by Gasteiger charge is -2.20. The SMILES string of the molecule is CCCC(CC)C(O)c1cccnc1. The minimum atomic E-state index is -0.353. The van der Waals surface area contributed by atoms with Crippen molar-refractivity contribution in [2.24, 2.45) is 5.92 Å². The van der Waals surface area contributed by atoms with Crippen LogP contribution >= 0.6 is 0 Å². The number of aliphatic hydroxyl groups is 1. The highest BCUT2D eigenvalue weighted by Crippen LogP contribution is 2.27. The van der Waals surface area contributed by atoms with Crippen LogP contribution in [0.5, 0.6) is 0 Å². The number of aliphatic hydroxyl groups excluding tert-OH is 1. The highest BCUT2D eigenvalue weighted by atomic mass is 16.3. The summed E-state index contributed by atoms with van der Waals surface area (Å²) in [6, 6.07) is 3.81. The van der Waals surface area contributed by atoms with E-state index in [4.69, 9.17) is 0 Å². The van der Waals surface area contributed by atoms with Crippen LogP contribution in [0.1, 0.15) is 44.8 Å². The minimum absolute atomic E-state index is 0.353. The Balaban J connectivity index is 2.67. The van der Waals surface area contributed by atoms with Crippen LogP contribution in [0, 0.1) is 5.92 Å². The van der Waals surface area contributed by atoms with Crippen LogP contribution in [0.4, 0.5) is 0 Å². The highest BCUT2D eigenvalue weighted by molar-refractivity contribution is 5.12. The molecule has 0 aliphatic carbocycles. The molecule has 0 saturated carbocycles. The van der Waals surface area contributed by atoms with Gasteiger partial charge in [-0.1, -0.05) is 32.8 Å². The molecule has 1 rings (SSSR count). The monoisotopic (exact) mass is 193 g/mol. The molecule has 0 aliphatic rings. The molecule has 0 bridgehead atoms. The molecule has 0 saturated heterocycles. The first-order valence-electron chi connectivity index (χ1n) is 5.37. The normalized spacial score (nSPS) is 15.1. The van der Waals surface area contributed by atoms with Crippen LogP contribution in [0.15, 0.2) is 24.5 Å². The Kier molecular flexibility index (Phi) is 4.60. The molecule has 78 valence electrons. The van der Waals surface area contributed by atoms with E-state index in [9.17, 15) is 5.11 Å². The minimum Gasteiger partial charge on any atom is -0.388 e. The summed E-state index contributed by atoms with van der Waals surface area (Å²) < 4.78 is 0. The quantitative estimate of drug-likeness (QED) is 0.780. The Morgan fingerprint density at radius 3 is 2.71 bits per heavy atom. The second kappa shape index (κ2) is 5.76. The lowest BCUT2D eigenvalue weighted by Crippen LogP contribution is -2.11. The highest BCUT2D eigenvalue weighted by Gasteiger charge is 2.17. The number of nitrogens with zero attached hydrogens (tertiary/aromatic N) is 1. The molecule has 0 aliphatic heterocycles. The maximum absolute atomic E-state index is 10.1. The summed E-state index contributed by atoms with van der Waals surface area (Å²) in [4.78, 5) is 4.02. The zero-order valence-electron chi connectivity index (χ0n) is 8.98. The average molecular weight is 193 g/mol. The van der Waals surface area contributed by atoms with Gasteiger partial charge in [0.2, 0.25) is 0 Å². The van der Waals surface area contributed by atoms with Gasteiger partial charge in [-0.05, 0) is 24.0 Å². The van der Waals surface area contributed by atoms with Crippen LogP contribution < -0.4 is 0 Å². The lowest BCUT2D eigenvalue weighted by molar-refractivity contribution is 0.0995. The molecule has 0 aromatic carbocycles. The van der Waals surface area contributed by atoms with Crippen molar-refractivity contribution in [3.8, 4) is 0 Å². The van der Waals surface area contributed by atoms with E-state index in [1.165, 1.54) is 0 Å². The molecule has 2 unspecified atom stereocenters. The van der Waals surface area contributed by atoms with Gasteiger partial charge in [-0.15, -0.1) is 0 Å². The maximum atomic E-state index is 10.1. The van der Waals surface area contributed by atoms with Crippen LogP contribution in [-0.4, -0.2) is 10.1 Å². The van der Waals surface area contributed by atoms with Crippen LogP contribution in [0.25, 0.3) is 0 Å². The summed E-state index contributed by atoms with van der Waals surface area (Å²) in [7, 11) is 0. The Bertz CT molecular complexity index is 248. The Morgan fingerprint density at radius 1 is 1.43 bits per heavy atom. The molecule has 1 aromatic rings. The van der Waals surface area contributed by atoms with Gasteiger partial charge >= 0.3 is 0 Å². The van der Waals surface area contributed by atoms with E-state index >= 15 is 0 Å². The van der Waals surface area contributed by atoms with Gasteiger partial charge in [0, 0.05) is 12.4 Å². The van der Waals surface area contributed by atoms with Gasteiger partial charge in [-0.3, -0.25) is 4.98 Å². The molecule has 0 amide bonds. The van der Waals surface area contributed by atoms with Crippen molar-refractivity contribution in [2.45, 2.75) is 39.2 Å². The first-order valence-corrected chi connectivity index (χ1v) is 5.37. The Hall–Kier alpha value is -0.890. The van der Waals surface area contributed by atoms with Crippen LogP contribution in [0.2, 0.25) is 0 Å². The van der Waals surface area contributed by atoms with Crippen molar-refractivity contribution >= 4 is 0 Å². The number of aromatic nitrogens is 1. The number of hydrogen-bond donors (Lipinski definition) is 1. The van der Waals surface area contributed by atoms with Crippen molar-refractivity contribution in [3.63, 3.8) is 0 Å². The fraction of sp³-hybridized carbons (Fsp3) is 0.583. The lowest BCUT2D eigenvalue weighted by atomic mass is 9.90. The topological polar surface area (TPSA) is 33.1 Å². The van der Waals surface area contributed by atoms with E-state index in [1.807, 2.05) is 12.1 Å². The molecular formula is C12H19NO. The van der Waals surface area contributed by atoms with Gasteiger partial charge in [0.05, 0.1) is 6.10 Å². The van der Waals surface area contributed by atoms with E-state index in [1.54, 1.807) is 12.4 Å². The van der Waals surface area contributed by atoms with Gasteiger partial charge in [0.15, 0.2) is 0 Å². The average Bonchev–Trinajstić information content (AvgIpc) is 2.26. The van der Waals surface area contributed by atoms with Gasteiger partial charge < -0.3 is 5.11 Å². The summed E-state index contributed by atoms with van der Waals surface area (Å²) >= 11 is 0.